The van der Waals surface area contributed by atoms with Gasteiger partial charge in [-0.25, -0.2) is 22.2 Å². The van der Waals surface area contributed by atoms with Crippen LogP contribution >= 0.6 is 11.6 Å². The number of hydrogen-bond donors (Lipinski definition) is 1. The third kappa shape index (κ3) is 7.50. The van der Waals surface area contributed by atoms with Crippen LogP contribution in [0.5, 0.6) is 0 Å². The lowest BCUT2D eigenvalue weighted by atomic mass is 9.81. The van der Waals surface area contributed by atoms with E-state index in [0.717, 1.165) is 19.1 Å². The molecule has 2 fully saturated rings. The van der Waals surface area contributed by atoms with Gasteiger partial charge in [-0.15, -0.1) is 0 Å². The summed E-state index contributed by atoms with van der Waals surface area (Å²) in [5.74, 6) is -2.22. The van der Waals surface area contributed by atoms with E-state index in [9.17, 15) is 26.8 Å². The number of carbonyl (C=O) groups excluding carboxylic acids is 2. The second kappa shape index (κ2) is 11.7. The summed E-state index contributed by atoms with van der Waals surface area (Å²) in [5, 5.41) is 3.19. The van der Waals surface area contributed by atoms with Gasteiger partial charge in [0.1, 0.15) is 5.78 Å². The largest absolute Gasteiger partial charge is 0.355 e. The molecule has 2 aromatic rings. The van der Waals surface area contributed by atoms with Crippen molar-refractivity contribution in [2.75, 3.05) is 29.6 Å². The van der Waals surface area contributed by atoms with Gasteiger partial charge in [0.15, 0.2) is 15.7 Å². The number of benzene rings is 1. The summed E-state index contributed by atoms with van der Waals surface area (Å²) in [4.78, 5) is 31.9. The van der Waals surface area contributed by atoms with Crippen molar-refractivity contribution < 1.29 is 26.8 Å². The highest BCUT2D eigenvalue weighted by Crippen LogP contribution is 2.38. The fourth-order valence-electron chi connectivity index (χ4n) is 5.19. The Labute approximate surface area is 226 Å². The smallest absolute Gasteiger partial charge is 0.255 e. The van der Waals surface area contributed by atoms with Crippen LogP contribution in [0.2, 0.25) is 5.02 Å². The van der Waals surface area contributed by atoms with Crippen LogP contribution in [0, 0.1) is 11.8 Å². The Morgan fingerprint density at radius 2 is 1.71 bits per heavy atom. The molecule has 0 unspecified atom stereocenters. The SMILES string of the molecule is CS(=O)(=O)c1cnc(N2CCC(CC(=O)CC3CCC(F)(F)CC3)CC2)c(NC(=O)c2cccc(Cl)c2)c1. The van der Waals surface area contributed by atoms with Gasteiger partial charge >= 0.3 is 0 Å². The first-order valence-electron chi connectivity index (χ1n) is 12.8. The third-order valence-electron chi connectivity index (χ3n) is 7.39. The first kappa shape index (κ1) is 28.4. The summed E-state index contributed by atoms with van der Waals surface area (Å²) >= 11 is 6.01. The Balaban J connectivity index is 1.40. The lowest BCUT2D eigenvalue weighted by molar-refractivity contribution is -0.122. The molecule has 0 atom stereocenters. The van der Waals surface area contributed by atoms with E-state index in [2.05, 4.69) is 10.3 Å². The molecule has 0 radical (unpaired) electrons. The zero-order valence-electron chi connectivity index (χ0n) is 21.3. The van der Waals surface area contributed by atoms with Crippen molar-refractivity contribution in [3.8, 4) is 0 Å². The van der Waals surface area contributed by atoms with Crippen LogP contribution in [0.4, 0.5) is 20.3 Å². The minimum Gasteiger partial charge on any atom is -0.355 e. The van der Waals surface area contributed by atoms with Crippen molar-refractivity contribution in [1.29, 1.82) is 0 Å². The normalized spacial score (nSPS) is 18.8. The highest BCUT2D eigenvalue weighted by molar-refractivity contribution is 7.90. The molecule has 1 aliphatic carbocycles. The molecule has 38 heavy (non-hydrogen) atoms. The maximum absolute atomic E-state index is 13.4. The second-order valence-corrected chi connectivity index (χ2v) is 12.9. The van der Waals surface area contributed by atoms with Gasteiger partial charge in [0.2, 0.25) is 5.92 Å². The van der Waals surface area contributed by atoms with E-state index in [1.54, 1.807) is 18.2 Å². The molecule has 1 N–H and O–H groups in total. The quantitative estimate of drug-likeness (QED) is 0.434. The molecule has 206 valence electrons. The molecular formula is C27H32ClF2N3O4S. The molecule has 7 nitrogen and oxygen atoms in total. The highest BCUT2D eigenvalue weighted by atomic mass is 35.5. The van der Waals surface area contributed by atoms with Crippen molar-refractivity contribution in [3.63, 3.8) is 0 Å². The third-order valence-corrected chi connectivity index (χ3v) is 8.70. The van der Waals surface area contributed by atoms with Crippen molar-refractivity contribution >= 4 is 44.6 Å². The van der Waals surface area contributed by atoms with Crippen LogP contribution < -0.4 is 10.2 Å². The number of rotatable bonds is 8. The average molecular weight is 568 g/mol. The minimum absolute atomic E-state index is 0.0106. The number of aromatic nitrogens is 1. The number of nitrogens with one attached hydrogen (secondary N) is 1. The number of alkyl halides is 2. The summed E-state index contributed by atoms with van der Waals surface area (Å²) in [5.41, 5.74) is 0.605. The number of anilines is 2. The molecule has 0 spiro atoms. The Bertz CT molecular complexity index is 1290. The van der Waals surface area contributed by atoms with Gasteiger partial charge in [-0.3, -0.25) is 9.59 Å². The summed E-state index contributed by atoms with van der Waals surface area (Å²) in [6.45, 7) is 1.16. The standard InChI is InChI=1S/C27H32ClF2N3O4S/c1-38(36,37)23-16-24(32-26(35)20-3-2-4-21(28)15-20)25(31-17-23)33-11-7-19(8-12-33)14-22(34)13-18-5-9-27(29,30)10-6-18/h2-4,15-19H,5-14H2,1H3,(H,32,35). The number of amides is 1. The molecule has 11 heteroatoms. The Hall–Kier alpha value is -2.59. The number of nitrogens with zero attached hydrogens (tertiary/aromatic N) is 2. The van der Waals surface area contributed by atoms with Gasteiger partial charge in [0.05, 0.1) is 10.6 Å². The molecule has 1 aromatic heterocycles. The lowest BCUT2D eigenvalue weighted by Crippen LogP contribution is -2.36. The second-order valence-electron chi connectivity index (χ2n) is 10.5. The molecule has 1 aromatic carbocycles. The maximum Gasteiger partial charge on any atom is 0.255 e. The first-order valence-corrected chi connectivity index (χ1v) is 15.1. The monoisotopic (exact) mass is 567 g/mol. The molecular weight excluding hydrogens is 536 g/mol. The van der Waals surface area contributed by atoms with E-state index in [-0.39, 0.29) is 41.0 Å². The highest BCUT2D eigenvalue weighted by Gasteiger charge is 2.35. The van der Waals surface area contributed by atoms with Crippen LogP contribution in [-0.4, -0.2) is 50.4 Å². The van der Waals surface area contributed by atoms with E-state index < -0.39 is 21.7 Å². The Morgan fingerprint density at radius 3 is 2.32 bits per heavy atom. The van der Waals surface area contributed by atoms with Crippen LogP contribution in [-0.2, 0) is 14.6 Å². The predicted octanol–water partition coefficient (Wildman–Crippen LogP) is 5.78. The first-order chi connectivity index (χ1) is 17.9. The van der Waals surface area contributed by atoms with E-state index in [1.165, 1.54) is 18.3 Å². The number of hydrogen-bond acceptors (Lipinski definition) is 6. The number of Topliss-reactive ketones (excluding diaryl/α,β-unsaturated/α-hetero) is 1. The lowest BCUT2D eigenvalue weighted by Gasteiger charge is -2.34. The molecule has 2 aliphatic rings. The van der Waals surface area contributed by atoms with E-state index in [0.29, 0.717) is 55.2 Å². The van der Waals surface area contributed by atoms with Gasteiger partial charge in [0.25, 0.3) is 5.91 Å². The molecule has 1 aliphatic heterocycles. The molecule has 1 saturated carbocycles. The topological polar surface area (TPSA) is 96.4 Å². The van der Waals surface area contributed by atoms with Gasteiger partial charge in [-0.05, 0) is 61.8 Å². The maximum atomic E-state index is 13.4. The number of carbonyl (C=O) groups is 2. The summed E-state index contributed by atoms with van der Waals surface area (Å²) in [6.07, 6.45) is 5.14. The molecule has 1 saturated heterocycles. The van der Waals surface area contributed by atoms with Gasteiger partial charge in [-0.2, -0.15) is 0 Å². The zero-order chi connectivity index (χ0) is 27.5. The number of sulfone groups is 1. The molecule has 1 amide bonds. The van der Waals surface area contributed by atoms with Gasteiger partial charge in [0, 0.05) is 61.8 Å². The van der Waals surface area contributed by atoms with Crippen LogP contribution in [0.15, 0.2) is 41.4 Å². The molecule has 0 bridgehead atoms. The van der Waals surface area contributed by atoms with Crippen LogP contribution in [0.25, 0.3) is 0 Å². The zero-order valence-corrected chi connectivity index (χ0v) is 22.8. The van der Waals surface area contributed by atoms with Crippen molar-refractivity contribution in [2.24, 2.45) is 11.8 Å². The summed E-state index contributed by atoms with van der Waals surface area (Å²) in [7, 11) is -3.55. The van der Waals surface area contributed by atoms with E-state index in [1.807, 2.05) is 4.90 Å². The van der Waals surface area contributed by atoms with Crippen molar-refractivity contribution in [2.45, 2.75) is 62.2 Å². The van der Waals surface area contributed by atoms with Crippen LogP contribution in [0.3, 0.4) is 0 Å². The molecule has 2 heterocycles. The number of piperidine rings is 1. The van der Waals surface area contributed by atoms with Crippen molar-refractivity contribution in [3.05, 3.63) is 47.1 Å². The number of halogens is 3. The van der Waals surface area contributed by atoms with Crippen molar-refractivity contribution in [1.82, 2.24) is 4.98 Å². The molecule has 4 rings (SSSR count). The number of pyridine rings is 1. The van der Waals surface area contributed by atoms with Gasteiger partial charge < -0.3 is 10.2 Å². The summed E-state index contributed by atoms with van der Waals surface area (Å²) in [6, 6.07) is 7.84. The Kier molecular flexibility index (Phi) is 8.72. The summed E-state index contributed by atoms with van der Waals surface area (Å²) < 4.78 is 51.1. The fraction of sp³-hybridized carbons (Fsp3) is 0.519. The van der Waals surface area contributed by atoms with Crippen LogP contribution in [0.1, 0.15) is 61.7 Å². The predicted molar refractivity (Wildman–Crippen MR) is 143 cm³/mol. The minimum atomic E-state index is -3.55. The average Bonchev–Trinajstić information content (AvgIpc) is 2.85. The number of ketones is 1. The van der Waals surface area contributed by atoms with E-state index >= 15 is 0 Å². The van der Waals surface area contributed by atoms with E-state index in [4.69, 9.17) is 11.6 Å². The fourth-order valence-corrected chi connectivity index (χ4v) is 5.96. The van der Waals surface area contributed by atoms with Gasteiger partial charge in [-0.1, -0.05) is 17.7 Å². The Morgan fingerprint density at radius 1 is 1.08 bits per heavy atom.